The highest BCUT2D eigenvalue weighted by Crippen LogP contribution is 2.43. The predicted octanol–water partition coefficient (Wildman–Crippen LogP) is 12.4. The van der Waals surface area contributed by atoms with Crippen molar-refractivity contribution in [3.05, 3.63) is 0 Å². The summed E-state index contributed by atoms with van der Waals surface area (Å²) in [6, 6.07) is 0. The number of phosphoric ester groups is 1. The Morgan fingerprint density at radius 2 is 0.849 bits per heavy atom. The topological polar surface area (TPSA) is 108 Å². The highest BCUT2D eigenvalue weighted by molar-refractivity contribution is 7.47. The summed E-state index contributed by atoms with van der Waals surface area (Å²) in [5, 5.41) is 0. The Hall–Kier alpha value is -0.990. The van der Waals surface area contributed by atoms with Crippen LogP contribution in [-0.2, 0) is 32.7 Å². The van der Waals surface area contributed by atoms with Crippen molar-refractivity contribution in [3.8, 4) is 0 Å². The number of ether oxygens (including phenoxy) is 2. The molecule has 10 heteroatoms. The summed E-state index contributed by atoms with van der Waals surface area (Å²) in [5.41, 5.74) is 0. The van der Waals surface area contributed by atoms with E-state index in [1.807, 2.05) is 21.1 Å². The van der Waals surface area contributed by atoms with Crippen LogP contribution in [0.5, 0.6) is 0 Å². The predicted molar refractivity (Wildman–Crippen MR) is 220 cm³/mol. The molecule has 0 aliphatic heterocycles. The largest absolute Gasteiger partial charge is 0.472 e. The summed E-state index contributed by atoms with van der Waals surface area (Å²) in [5.74, 6) is -0.784. The van der Waals surface area contributed by atoms with Crippen molar-refractivity contribution in [3.63, 3.8) is 0 Å². The van der Waals surface area contributed by atoms with Gasteiger partial charge in [0.2, 0.25) is 0 Å². The van der Waals surface area contributed by atoms with Crippen LogP contribution in [0.2, 0.25) is 0 Å². The number of likely N-dealkylation sites (N-methyl/N-ethyl adjacent to an activating group) is 1. The molecule has 0 heterocycles. The molecule has 53 heavy (non-hydrogen) atoms. The van der Waals surface area contributed by atoms with E-state index in [-0.39, 0.29) is 25.6 Å². The Labute approximate surface area is 327 Å². The van der Waals surface area contributed by atoms with Crippen molar-refractivity contribution >= 4 is 19.8 Å². The minimum absolute atomic E-state index is 0.0368. The van der Waals surface area contributed by atoms with E-state index in [1.54, 1.807) is 0 Å². The van der Waals surface area contributed by atoms with Gasteiger partial charge in [-0.2, -0.15) is 0 Å². The first kappa shape index (κ1) is 52.0. The number of esters is 2. The summed E-state index contributed by atoms with van der Waals surface area (Å²) in [6.07, 6.45) is 35.7. The summed E-state index contributed by atoms with van der Waals surface area (Å²) in [6.45, 7) is 4.46. The van der Waals surface area contributed by atoms with Crippen LogP contribution < -0.4 is 0 Å². The van der Waals surface area contributed by atoms with Crippen LogP contribution in [0.1, 0.15) is 213 Å². The molecule has 0 amide bonds. The van der Waals surface area contributed by atoms with Crippen LogP contribution in [0.25, 0.3) is 0 Å². The lowest BCUT2D eigenvalue weighted by atomic mass is 10.0. The zero-order valence-electron chi connectivity index (χ0n) is 35.5. The zero-order valence-corrected chi connectivity index (χ0v) is 36.4. The molecule has 2 atom stereocenters. The lowest BCUT2D eigenvalue weighted by Gasteiger charge is -2.24. The fraction of sp³-hybridized carbons (Fsp3) is 0.953. The number of carbonyl (C=O) groups excluding carboxylic acids is 2. The summed E-state index contributed by atoms with van der Waals surface area (Å²) >= 11 is 0. The number of quaternary nitrogens is 1. The molecule has 9 nitrogen and oxygen atoms in total. The van der Waals surface area contributed by atoms with E-state index in [0.29, 0.717) is 17.4 Å². The number of hydrogen-bond donors (Lipinski definition) is 1. The maximum Gasteiger partial charge on any atom is 0.472 e. The SMILES string of the molecule is CCCCCCCCCCCCCCCCCC(=O)OC(COC(=O)CCCCCCCCCCCCCCCC)COP(=O)(O)OCC[N+](C)(C)C. The molecular formula is C43H87NO8P+. The molecule has 0 aromatic heterocycles. The fourth-order valence-corrected chi connectivity index (χ4v) is 7.11. The second-order valence-corrected chi connectivity index (χ2v) is 17.9. The quantitative estimate of drug-likeness (QED) is 0.0283. The molecule has 0 fully saturated rings. The van der Waals surface area contributed by atoms with Gasteiger partial charge >= 0.3 is 19.8 Å². The van der Waals surface area contributed by atoms with Gasteiger partial charge in [-0.25, -0.2) is 4.57 Å². The van der Waals surface area contributed by atoms with Gasteiger partial charge in [0.15, 0.2) is 6.10 Å². The Morgan fingerprint density at radius 1 is 0.509 bits per heavy atom. The molecule has 0 rings (SSSR count). The Balaban J connectivity index is 4.31. The third kappa shape index (κ3) is 40.5. The van der Waals surface area contributed by atoms with Gasteiger partial charge in [-0.15, -0.1) is 0 Å². The molecular weight excluding hydrogens is 689 g/mol. The first-order valence-electron chi connectivity index (χ1n) is 22.3. The number of nitrogens with zero attached hydrogens (tertiary/aromatic N) is 1. The molecule has 316 valence electrons. The van der Waals surface area contributed by atoms with Crippen molar-refractivity contribution in [2.45, 2.75) is 219 Å². The van der Waals surface area contributed by atoms with E-state index in [9.17, 15) is 19.0 Å². The van der Waals surface area contributed by atoms with E-state index >= 15 is 0 Å². The van der Waals surface area contributed by atoms with Gasteiger partial charge in [0.1, 0.15) is 19.8 Å². The van der Waals surface area contributed by atoms with Crippen molar-refractivity contribution in [2.75, 3.05) is 47.5 Å². The van der Waals surface area contributed by atoms with E-state index in [0.717, 1.165) is 38.5 Å². The molecule has 0 aliphatic carbocycles. The summed E-state index contributed by atoms with van der Waals surface area (Å²) < 4.78 is 34.3. The van der Waals surface area contributed by atoms with Gasteiger partial charge in [0.05, 0.1) is 27.7 Å². The van der Waals surface area contributed by atoms with Gasteiger partial charge in [0, 0.05) is 12.8 Å². The number of rotatable bonds is 41. The maximum absolute atomic E-state index is 12.7. The van der Waals surface area contributed by atoms with Crippen molar-refractivity contribution in [1.82, 2.24) is 0 Å². The van der Waals surface area contributed by atoms with Crippen molar-refractivity contribution in [2.24, 2.45) is 0 Å². The normalized spacial score (nSPS) is 13.5. The van der Waals surface area contributed by atoms with Gasteiger partial charge in [-0.3, -0.25) is 18.6 Å². The lowest BCUT2D eigenvalue weighted by Crippen LogP contribution is -2.37. The average Bonchev–Trinajstić information content (AvgIpc) is 3.10. The second-order valence-electron chi connectivity index (χ2n) is 16.5. The molecule has 0 radical (unpaired) electrons. The minimum Gasteiger partial charge on any atom is -0.462 e. The van der Waals surface area contributed by atoms with Crippen LogP contribution in [0, 0.1) is 0 Å². The lowest BCUT2D eigenvalue weighted by molar-refractivity contribution is -0.870. The van der Waals surface area contributed by atoms with Crippen LogP contribution in [0.4, 0.5) is 0 Å². The molecule has 0 aromatic carbocycles. The van der Waals surface area contributed by atoms with Crippen LogP contribution in [0.15, 0.2) is 0 Å². The van der Waals surface area contributed by atoms with Crippen LogP contribution in [0.3, 0.4) is 0 Å². The van der Waals surface area contributed by atoms with Gasteiger partial charge in [-0.1, -0.05) is 187 Å². The minimum atomic E-state index is -4.36. The summed E-state index contributed by atoms with van der Waals surface area (Å²) in [7, 11) is 1.49. The Kier molecular flexibility index (Phi) is 36.0. The van der Waals surface area contributed by atoms with Crippen LogP contribution in [-0.4, -0.2) is 74.9 Å². The monoisotopic (exact) mass is 777 g/mol. The number of hydrogen-bond acceptors (Lipinski definition) is 7. The van der Waals surface area contributed by atoms with Crippen LogP contribution >= 0.6 is 7.82 Å². The number of carbonyl (C=O) groups is 2. The molecule has 1 N–H and O–H groups in total. The van der Waals surface area contributed by atoms with E-state index < -0.39 is 26.5 Å². The molecule has 0 aromatic rings. The smallest absolute Gasteiger partial charge is 0.462 e. The molecule has 0 saturated carbocycles. The first-order chi connectivity index (χ1) is 25.5. The molecule has 0 aliphatic rings. The third-order valence-electron chi connectivity index (χ3n) is 9.89. The summed E-state index contributed by atoms with van der Waals surface area (Å²) in [4.78, 5) is 35.3. The third-order valence-corrected chi connectivity index (χ3v) is 10.9. The van der Waals surface area contributed by atoms with E-state index in [4.69, 9.17) is 18.5 Å². The van der Waals surface area contributed by atoms with Gasteiger partial charge in [-0.05, 0) is 12.8 Å². The van der Waals surface area contributed by atoms with Gasteiger partial charge < -0.3 is 18.9 Å². The Bertz CT molecular complexity index is 881. The Morgan fingerprint density at radius 3 is 1.21 bits per heavy atom. The fourth-order valence-electron chi connectivity index (χ4n) is 6.37. The molecule has 2 unspecified atom stereocenters. The standard InChI is InChI=1S/C43H86NO8P/c1-6-8-10-12-14-16-18-20-22-24-26-28-30-32-34-36-43(46)52-41(40-51-53(47,48)50-38-37-44(3,4)5)39-49-42(45)35-33-31-29-27-25-23-21-19-17-15-13-11-9-7-2/h41H,6-40H2,1-5H3/p+1. The van der Waals surface area contributed by atoms with E-state index in [2.05, 4.69) is 13.8 Å². The van der Waals surface area contributed by atoms with Crippen molar-refractivity contribution < 1.29 is 42.1 Å². The van der Waals surface area contributed by atoms with Crippen molar-refractivity contribution in [1.29, 1.82) is 0 Å². The number of phosphoric acid groups is 1. The highest BCUT2D eigenvalue weighted by Gasteiger charge is 2.27. The number of unbranched alkanes of at least 4 members (excludes halogenated alkanes) is 27. The van der Waals surface area contributed by atoms with E-state index in [1.165, 1.54) is 148 Å². The first-order valence-corrected chi connectivity index (χ1v) is 23.8. The molecule has 0 saturated heterocycles. The second kappa shape index (κ2) is 36.6. The van der Waals surface area contributed by atoms with Gasteiger partial charge in [0.25, 0.3) is 0 Å². The zero-order chi connectivity index (χ0) is 39.3. The highest BCUT2D eigenvalue weighted by atomic mass is 31.2. The molecule has 0 bridgehead atoms. The average molecular weight is 777 g/mol. The molecule has 0 spiro atoms. The maximum atomic E-state index is 12.7.